The first-order chi connectivity index (χ1) is 10.5. The van der Waals surface area contributed by atoms with Gasteiger partial charge < -0.3 is 4.90 Å². The highest BCUT2D eigenvalue weighted by atomic mass is 79.9. The summed E-state index contributed by atoms with van der Waals surface area (Å²) in [4.78, 5) is 24.0. The number of nitrogens with zero attached hydrogens (tertiary/aromatic N) is 2. The molecule has 1 heterocycles. The number of hydrogen-bond donors (Lipinski definition) is 0. The van der Waals surface area contributed by atoms with Gasteiger partial charge in [0.1, 0.15) is 6.29 Å². The predicted octanol–water partition coefficient (Wildman–Crippen LogP) is 4.09. The minimum Gasteiger partial charge on any atom is -0.347 e. The summed E-state index contributed by atoms with van der Waals surface area (Å²) in [5.41, 5.74) is 2.73. The molecule has 0 saturated heterocycles. The maximum atomic E-state index is 11.3. The average Bonchev–Trinajstić information content (AvgIpc) is 2.70. The number of halogens is 1. The second kappa shape index (κ2) is 5.50. The van der Waals surface area contributed by atoms with Gasteiger partial charge in [-0.15, -0.1) is 0 Å². The Kier molecular flexibility index (Phi) is 3.80. The molecule has 1 fully saturated rings. The predicted molar refractivity (Wildman–Crippen MR) is 88.1 cm³/mol. The van der Waals surface area contributed by atoms with E-state index in [1.165, 1.54) is 6.42 Å². The fourth-order valence-corrected chi connectivity index (χ4v) is 4.43. The number of hydrogen-bond acceptors (Lipinski definition) is 4. The summed E-state index contributed by atoms with van der Waals surface area (Å²) in [5.74, 6) is 0. The topological polar surface area (TPSA) is 63.5 Å². The normalized spacial score (nSPS) is 21.2. The molecule has 1 aromatic rings. The third-order valence-electron chi connectivity index (χ3n) is 4.92. The summed E-state index contributed by atoms with van der Waals surface area (Å²) in [6.07, 6.45) is 7.63. The number of nitro benzene ring substituents is 1. The van der Waals surface area contributed by atoms with E-state index in [1.807, 2.05) is 11.9 Å². The first kappa shape index (κ1) is 15.2. The van der Waals surface area contributed by atoms with E-state index in [0.29, 0.717) is 4.47 Å². The van der Waals surface area contributed by atoms with Crippen molar-refractivity contribution in [2.45, 2.75) is 37.5 Å². The number of carbonyl (C=O) groups is 1. The van der Waals surface area contributed by atoms with Gasteiger partial charge in [0, 0.05) is 29.9 Å². The summed E-state index contributed by atoms with van der Waals surface area (Å²) < 4.78 is 0.474. The first-order valence-corrected chi connectivity index (χ1v) is 8.18. The number of aldehydes is 1. The van der Waals surface area contributed by atoms with E-state index in [-0.39, 0.29) is 16.0 Å². The fourth-order valence-electron chi connectivity index (χ4n) is 3.96. The molecule has 1 aliphatic carbocycles. The molecule has 0 amide bonds. The van der Waals surface area contributed by atoms with Crippen LogP contribution in [0.5, 0.6) is 0 Å². The second-order valence-corrected chi connectivity index (χ2v) is 6.82. The molecule has 1 spiro atoms. The van der Waals surface area contributed by atoms with E-state index < -0.39 is 0 Å². The van der Waals surface area contributed by atoms with Gasteiger partial charge in [-0.05, 0) is 46.5 Å². The van der Waals surface area contributed by atoms with E-state index in [9.17, 15) is 14.9 Å². The smallest absolute Gasteiger partial charge is 0.283 e. The summed E-state index contributed by atoms with van der Waals surface area (Å²) in [6, 6.07) is 3.49. The molecule has 22 heavy (non-hydrogen) atoms. The van der Waals surface area contributed by atoms with Crippen LogP contribution < -0.4 is 4.90 Å². The van der Waals surface area contributed by atoms with Crippen LogP contribution in [0, 0.1) is 10.1 Å². The van der Waals surface area contributed by atoms with Crippen LogP contribution in [0.3, 0.4) is 0 Å². The zero-order valence-corrected chi connectivity index (χ0v) is 13.9. The zero-order valence-electron chi connectivity index (χ0n) is 12.3. The molecule has 0 N–H and O–H groups in total. The lowest BCUT2D eigenvalue weighted by Crippen LogP contribution is -2.32. The molecule has 3 rings (SSSR count). The van der Waals surface area contributed by atoms with Gasteiger partial charge in [0.05, 0.1) is 9.40 Å². The van der Waals surface area contributed by atoms with Gasteiger partial charge in [0.15, 0.2) is 0 Å². The number of rotatable bonds is 2. The lowest BCUT2D eigenvalue weighted by Gasteiger charge is -2.36. The molecule has 0 aromatic heterocycles. The third-order valence-corrected chi connectivity index (χ3v) is 5.56. The zero-order chi connectivity index (χ0) is 15.9. The molecule has 0 atom stereocenters. The van der Waals surface area contributed by atoms with Crippen LogP contribution in [0.4, 0.5) is 11.4 Å². The molecule has 1 saturated carbocycles. The van der Waals surface area contributed by atoms with Crippen LogP contribution in [0.15, 0.2) is 28.4 Å². The lowest BCUT2D eigenvalue weighted by atomic mass is 9.68. The quantitative estimate of drug-likeness (QED) is 0.343. The lowest BCUT2D eigenvalue weighted by molar-refractivity contribution is -0.385. The average molecular weight is 365 g/mol. The Balaban J connectivity index is 2.26. The van der Waals surface area contributed by atoms with E-state index in [0.717, 1.165) is 48.9 Å². The Morgan fingerprint density at radius 3 is 2.59 bits per heavy atom. The molecule has 1 aliphatic heterocycles. The molecule has 0 unspecified atom stereocenters. The third kappa shape index (κ3) is 2.08. The summed E-state index contributed by atoms with van der Waals surface area (Å²) in [7, 11) is 1.93. The monoisotopic (exact) mass is 364 g/mol. The highest BCUT2D eigenvalue weighted by Gasteiger charge is 2.47. The maximum absolute atomic E-state index is 11.3. The van der Waals surface area contributed by atoms with Crippen molar-refractivity contribution in [1.82, 2.24) is 0 Å². The molecule has 0 radical (unpaired) electrons. The first-order valence-electron chi connectivity index (χ1n) is 7.39. The Morgan fingerprint density at radius 2 is 2.00 bits per heavy atom. The molecule has 5 nitrogen and oxygen atoms in total. The van der Waals surface area contributed by atoms with Gasteiger partial charge in [-0.3, -0.25) is 14.9 Å². The summed E-state index contributed by atoms with van der Waals surface area (Å²) in [6.45, 7) is 0. The SMILES string of the molecule is CN1C(=CC=O)C2(CCCCC2)c2cc([N+](=O)[O-])c(Br)cc21. The van der Waals surface area contributed by atoms with Crippen LogP contribution in [-0.2, 0) is 10.2 Å². The molecular weight excluding hydrogens is 348 g/mol. The van der Waals surface area contributed by atoms with Gasteiger partial charge in [-0.1, -0.05) is 19.3 Å². The Morgan fingerprint density at radius 1 is 1.32 bits per heavy atom. The van der Waals surface area contributed by atoms with Crippen molar-refractivity contribution < 1.29 is 9.72 Å². The summed E-state index contributed by atoms with van der Waals surface area (Å²) in [5, 5.41) is 11.3. The van der Waals surface area contributed by atoms with E-state index in [2.05, 4.69) is 15.9 Å². The molecule has 0 bridgehead atoms. The molecule has 6 heteroatoms. The molecular formula is C16H17BrN2O3. The Bertz CT molecular complexity index is 678. The largest absolute Gasteiger partial charge is 0.347 e. The van der Waals surface area contributed by atoms with Crippen molar-refractivity contribution in [2.24, 2.45) is 0 Å². The number of benzene rings is 1. The number of nitro groups is 1. The van der Waals surface area contributed by atoms with Crippen LogP contribution in [-0.4, -0.2) is 18.3 Å². The Labute approximate surface area is 137 Å². The highest BCUT2D eigenvalue weighted by molar-refractivity contribution is 9.10. The molecule has 116 valence electrons. The number of likely N-dealkylation sites (N-methyl/N-ethyl adjacent to an activating group) is 1. The van der Waals surface area contributed by atoms with Gasteiger partial charge in [0.25, 0.3) is 5.69 Å². The molecule has 1 aromatic carbocycles. The van der Waals surface area contributed by atoms with Crippen LogP contribution in [0.25, 0.3) is 0 Å². The van der Waals surface area contributed by atoms with E-state index >= 15 is 0 Å². The van der Waals surface area contributed by atoms with Crippen molar-refractivity contribution in [2.75, 3.05) is 11.9 Å². The van der Waals surface area contributed by atoms with Crippen molar-refractivity contribution in [3.63, 3.8) is 0 Å². The summed E-state index contributed by atoms with van der Waals surface area (Å²) >= 11 is 3.29. The van der Waals surface area contributed by atoms with Crippen LogP contribution in [0.2, 0.25) is 0 Å². The van der Waals surface area contributed by atoms with Gasteiger partial charge >= 0.3 is 0 Å². The highest BCUT2D eigenvalue weighted by Crippen LogP contribution is 2.56. The number of allylic oxidation sites excluding steroid dienone is 2. The van der Waals surface area contributed by atoms with E-state index in [4.69, 9.17) is 0 Å². The fraction of sp³-hybridized carbons (Fsp3) is 0.438. The van der Waals surface area contributed by atoms with Crippen LogP contribution in [0.1, 0.15) is 37.7 Å². The van der Waals surface area contributed by atoms with Gasteiger partial charge in [0.2, 0.25) is 0 Å². The molecule has 2 aliphatic rings. The van der Waals surface area contributed by atoms with Crippen molar-refractivity contribution >= 4 is 33.6 Å². The number of anilines is 1. The van der Waals surface area contributed by atoms with Crippen molar-refractivity contribution in [1.29, 1.82) is 0 Å². The van der Waals surface area contributed by atoms with Gasteiger partial charge in [-0.2, -0.15) is 0 Å². The standard InChI is InChI=1S/C16H17BrN2O3/c1-18-13-10-12(17)14(19(21)22)9-11(13)16(15(18)5-8-20)6-3-2-4-7-16/h5,8-10H,2-4,6-7H2,1H3. The van der Waals surface area contributed by atoms with Gasteiger partial charge in [-0.25, -0.2) is 0 Å². The maximum Gasteiger partial charge on any atom is 0.283 e. The van der Waals surface area contributed by atoms with Crippen molar-refractivity contribution in [3.05, 3.63) is 44.1 Å². The number of fused-ring (bicyclic) bond motifs is 2. The second-order valence-electron chi connectivity index (χ2n) is 5.97. The van der Waals surface area contributed by atoms with E-state index in [1.54, 1.807) is 18.2 Å². The minimum absolute atomic E-state index is 0.0875. The minimum atomic E-state index is -0.359. The number of carbonyl (C=O) groups excluding carboxylic acids is 1. The Hall–Kier alpha value is -1.69. The van der Waals surface area contributed by atoms with Crippen molar-refractivity contribution in [3.8, 4) is 0 Å². The van der Waals surface area contributed by atoms with Crippen LogP contribution >= 0.6 is 15.9 Å².